The molecular weight excluding hydrogens is 358 g/mol. The van der Waals surface area contributed by atoms with Crippen molar-refractivity contribution in [2.24, 2.45) is 0 Å². The van der Waals surface area contributed by atoms with Crippen LogP contribution < -0.4 is 5.56 Å². The molecule has 3 rings (SSSR count). The van der Waals surface area contributed by atoms with Crippen molar-refractivity contribution in [3.8, 4) is 0 Å². The van der Waals surface area contributed by atoms with Crippen molar-refractivity contribution in [3.63, 3.8) is 0 Å². The third kappa shape index (κ3) is 4.65. The van der Waals surface area contributed by atoms with Crippen LogP contribution >= 0.6 is 0 Å². The molecule has 0 bridgehead atoms. The van der Waals surface area contributed by atoms with Gasteiger partial charge in [0.15, 0.2) is 5.78 Å². The highest BCUT2D eigenvalue weighted by Gasteiger charge is 2.29. The monoisotopic (exact) mass is 383 g/mol. The van der Waals surface area contributed by atoms with Gasteiger partial charge in [0.05, 0.1) is 29.8 Å². The van der Waals surface area contributed by atoms with Crippen LogP contribution in [0.15, 0.2) is 47.5 Å². The lowest BCUT2D eigenvalue weighted by Crippen LogP contribution is -2.45. The van der Waals surface area contributed by atoms with Gasteiger partial charge in [-0.25, -0.2) is 9.78 Å². The number of Topliss-reactive ketones (excluding diaryl/α,β-unsaturated/α-hetero) is 1. The number of carbonyl (C=O) groups is 2. The van der Waals surface area contributed by atoms with Crippen molar-refractivity contribution in [1.29, 1.82) is 0 Å². The molecule has 28 heavy (non-hydrogen) atoms. The first-order valence-electron chi connectivity index (χ1n) is 9.37. The molecule has 0 aliphatic carbocycles. The Morgan fingerprint density at radius 3 is 2.75 bits per heavy atom. The Hall–Kier alpha value is -2.96. The summed E-state index contributed by atoms with van der Waals surface area (Å²) in [5.41, 5.74) is -0.249. The van der Waals surface area contributed by atoms with Gasteiger partial charge < -0.3 is 9.64 Å². The zero-order chi connectivity index (χ0) is 20.3. The van der Waals surface area contributed by atoms with Crippen LogP contribution in [0.25, 0.3) is 10.9 Å². The Morgan fingerprint density at radius 1 is 1.25 bits per heavy atom. The molecule has 1 aliphatic heterocycles. The number of rotatable bonds is 4. The Labute approximate surface area is 163 Å². The molecule has 1 aromatic heterocycles. The normalized spacial score (nSPS) is 17.0. The maximum absolute atomic E-state index is 12.6. The third-order valence-corrected chi connectivity index (χ3v) is 4.44. The lowest BCUT2D eigenvalue weighted by atomic mass is 10.0. The highest BCUT2D eigenvalue weighted by atomic mass is 16.6. The number of amides is 1. The first kappa shape index (κ1) is 19.8. The van der Waals surface area contributed by atoms with Gasteiger partial charge in [-0.1, -0.05) is 24.3 Å². The number of hydrogen-bond donors (Lipinski definition) is 0. The molecule has 1 unspecified atom stereocenters. The van der Waals surface area contributed by atoms with Crippen molar-refractivity contribution >= 4 is 22.8 Å². The summed E-state index contributed by atoms with van der Waals surface area (Å²) in [5, 5.41) is 0.478. The van der Waals surface area contributed by atoms with Gasteiger partial charge in [-0.15, -0.1) is 0 Å². The molecule has 0 saturated heterocycles. The molecule has 7 nitrogen and oxygen atoms in total. The van der Waals surface area contributed by atoms with Crippen LogP contribution in [0.1, 0.15) is 33.6 Å². The van der Waals surface area contributed by atoms with Crippen molar-refractivity contribution < 1.29 is 14.3 Å². The molecule has 0 N–H and O–H groups in total. The van der Waals surface area contributed by atoms with E-state index >= 15 is 0 Å². The minimum atomic E-state index is -0.600. The number of para-hydroxylation sites is 1. The predicted octanol–water partition coefficient (Wildman–Crippen LogP) is 2.92. The van der Waals surface area contributed by atoms with Gasteiger partial charge in [0.25, 0.3) is 5.56 Å². The molecule has 2 heterocycles. The topological polar surface area (TPSA) is 81.5 Å². The summed E-state index contributed by atoms with van der Waals surface area (Å²) in [5.74, 6) is -0.149. The van der Waals surface area contributed by atoms with Crippen LogP contribution in [0.2, 0.25) is 0 Å². The van der Waals surface area contributed by atoms with Crippen LogP contribution in [0, 0.1) is 0 Å². The zero-order valence-corrected chi connectivity index (χ0v) is 16.4. The highest BCUT2D eigenvalue weighted by molar-refractivity contribution is 5.81. The number of nitrogens with zero attached hydrogens (tertiary/aromatic N) is 3. The van der Waals surface area contributed by atoms with Crippen molar-refractivity contribution in [2.45, 2.75) is 51.8 Å². The Bertz CT molecular complexity index is 972. The number of fused-ring (bicyclic) bond motifs is 1. The van der Waals surface area contributed by atoms with Crippen LogP contribution in [0.5, 0.6) is 0 Å². The minimum absolute atomic E-state index is 0.0802. The quantitative estimate of drug-likeness (QED) is 0.758. The summed E-state index contributed by atoms with van der Waals surface area (Å²) in [6, 6.07) is 6.66. The largest absolute Gasteiger partial charge is 0.444 e. The summed E-state index contributed by atoms with van der Waals surface area (Å²) in [6.45, 7) is 5.85. The van der Waals surface area contributed by atoms with Gasteiger partial charge in [-0.2, -0.15) is 0 Å². The van der Waals surface area contributed by atoms with Gasteiger partial charge in [-0.3, -0.25) is 14.2 Å². The lowest BCUT2D eigenvalue weighted by molar-refractivity contribution is -0.120. The summed E-state index contributed by atoms with van der Waals surface area (Å²) < 4.78 is 6.77. The Morgan fingerprint density at radius 2 is 2.00 bits per heavy atom. The molecule has 1 aromatic carbocycles. The lowest BCUT2D eigenvalue weighted by Gasteiger charge is -2.33. The van der Waals surface area contributed by atoms with E-state index in [1.165, 1.54) is 10.9 Å². The number of aromatic nitrogens is 2. The predicted molar refractivity (Wildman–Crippen MR) is 106 cm³/mol. The number of hydrogen-bond acceptors (Lipinski definition) is 5. The summed E-state index contributed by atoms with van der Waals surface area (Å²) in [4.78, 5) is 43.4. The molecule has 1 amide bonds. The fourth-order valence-corrected chi connectivity index (χ4v) is 3.17. The Balaban J connectivity index is 1.72. The van der Waals surface area contributed by atoms with Crippen LogP contribution in [-0.4, -0.2) is 44.5 Å². The first-order chi connectivity index (χ1) is 13.2. The van der Waals surface area contributed by atoms with Crippen LogP contribution in [0.4, 0.5) is 4.79 Å². The summed E-state index contributed by atoms with van der Waals surface area (Å²) in [7, 11) is 0. The average molecular weight is 383 g/mol. The van der Waals surface area contributed by atoms with Crippen molar-refractivity contribution in [3.05, 3.63) is 53.1 Å². The van der Waals surface area contributed by atoms with Crippen LogP contribution in [0.3, 0.4) is 0 Å². The maximum Gasteiger partial charge on any atom is 0.410 e. The molecular formula is C21H25N3O4. The second kappa shape index (κ2) is 7.96. The number of carbonyl (C=O) groups excluding carboxylic acids is 2. The fraction of sp³-hybridized carbons (Fsp3) is 0.429. The summed E-state index contributed by atoms with van der Waals surface area (Å²) >= 11 is 0. The smallest absolute Gasteiger partial charge is 0.410 e. The fourth-order valence-electron chi connectivity index (χ4n) is 3.17. The molecule has 2 aromatic rings. The van der Waals surface area contributed by atoms with E-state index in [1.54, 1.807) is 23.1 Å². The van der Waals surface area contributed by atoms with Crippen molar-refractivity contribution in [1.82, 2.24) is 14.5 Å². The minimum Gasteiger partial charge on any atom is -0.444 e. The first-order valence-corrected chi connectivity index (χ1v) is 9.37. The van der Waals surface area contributed by atoms with Gasteiger partial charge in [-0.05, 0) is 39.3 Å². The average Bonchev–Trinajstić information content (AvgIpc) is 2.63. The van der Waals surface area contributed by atoms with Crippen molar-refractivity contribution in [2.75, 3.05) is 6.54 Å². The number of benzene rings is 1. The van der Waals surface area contributed by atoms with Crippen LogP contribution in [-0.2, 0) is 16.1 Å². The van der Waals surface area contributed by atoms with E-state index in [9.17, 15) is 14.4 Å². The van der Waals surface area contributed by atoms with Gasteiger partial charge in [0.1, 0.15) is 5.60 Å². The van der Waals surface area contributed by atoms with Gasteiger partial charge >= 0.3 is 6.09 Å². The van der Waals surface area contributed by atoms with E-state index in [-0.39, 0.29) is 30.3 Å². The van der Waals surface area contributed by atoms with E-state index in [0.717, 1.165) is 6.42 Å². The molecule has 0 saturated carbocycles. The molecule has 0 spiro atoms. The molecule has 7 heteroatoms. The standard InChI is InChI=1S/C21H25N3O4/c1-21(2,3)28-20(27)24-11-7-6-8-15(24)12-16(25)13-23-14-22-18-10-5-4-9-17(18)19(23)26/h4-6,8-10,14-15H,7,11-13H2,1-3H3. The number of ketones is 1. The van der Waals surface area contributed by atoms with E-state index in [4.69, 9.17) is 4.74 Å². The van der Waals surface area contributed by atoms with E-state index in [0.29, 0.717) is 17.4 Å². The third-order valence-electron chi connectivity index (χ3n) is 4.44. The van der Waals surface area contributed by atoms with E-state index < -0.39 is 11.7 Å². The van der Waals surface area contributed by atoms with Gasteiger partial charge in [0, 0.05) is 13.0 Å². The molecule has 0 radical (unpaired) electrons. The molecule has 0 fully saturated rings. The highest BCUT2D eigenvalue weighted by Crippen LogP contribution is 2.18. The number of ether oxygens (including phenoxy) is 1. The van der Waals surface area contributed by atoms with E-state index in [2.05, 4.69) is 4.98 Å². The van der Waals surface area contributed by atoms with Gasteiger partial charge in [0.2, 0.25) is 0 Å². The maximum atomic E-state index is 12.6. The molecule has 1 aliphatic rings. The molecule has 148 valence electrons. The van der Waals surface area contributed by atoms with E-state index in [1.807, 2.05) is 39.0 Å². The summed E-state index contributed by atoms with van der Waals surface area (Å²) in [6.07, 6.45) is 5.62. The second-order valence-electron chi connectivity index (χ2n) is 7.90. The second-order valence-corrected chi connectivity index (χ2v) is 7.90. The molecule has 1 atom stereocenters. The SMILES string of the molecule is CC(C)(C)OC(=O)N1CCC=CC1CC(=O)Cn1cnc2ccccc2c1=O. The zero-order valence-electron chi connectivity index (χ0n) is 16.4. The Kier molecular flexibility index (Phi) is 5.63.